The molecule has 1 aliphatic carbocycles. The summed E-state index contributed by atoms with van der Waals surface area (Å²) in [4.78, 5) is 8.57. The van der Waals surface area contributed by atoms with Gasteiger partial charge in [0.05, 0.1) is 5.54 Å². The molecule has 0 radical (unpaired) electrons. The van der Waals surface area contributed by atoms with E-state index in [0.29, 0.717) is 5.88 Å². The highest BCUT2D eigenvalue weighted by molar-refractivity contribution is 6.18. The molecule has 0 unspecified atom stereocenters. The Kier molecular flexibility index (Phi) is 4.21. The van der Waals surface area contributed by atoms with Crippen LogP contribution in [0.15, 0.2) is 12.4 Å². The Hall–Kier alpha value is -0.830. The maximum Gasteiger partial charge on any atom is 0.130 e. The van der Waals surface area contributed by atoms with Gasteiger partial charge in [-0.05, 0) is 19.3 Å². The van der Waals surface area contributed by atoms with Crippen LogP contribution in [0.2, 0.25) is 0 Å². The zero-order valence-corrected chi connectivity index (χ0v) is 11.1. The van der Waals surface area contributed by atoms with Crippen molar-refractivity contribution in [3.05, 3.63) is 18.1 Å². The summed E-state index contributed by atoms with van der Waals surface area (Å²) < 4.78 is 0. The second-order valence-electron chi connectivity index (χ2n) is 4.89. The molecular weight excluding hydrogens is 234 g/mol. The SMILES string of the molecule is CCCc1cc(NC2(CCl)CCCC2)ncn1. The smallest absolute Gasteiger partial charge is 0.130 e. The topological polar surface area (TPSA) is 37.8 Å². The van der Waals surface area contributed by atoms with E-state index >= 15 is 0 Å². The monoisotopic (exact) mass is 253 g/mol. The summed E-state index contributed by atoms with van der Waals surface area (Å²) in [7, 11) is 0. The van der Waals surface area contributed by atoms with Crippen molar-refractivity contribution in [3.8, 4) is 0 Å². The van der Waals surface area contributed by atoms with Crippen LogP contribution in [0.3, 0.4) is 0 Å². The van der Waals surface area contributed by atoms with E-state index in [1.54, 1.807) is 6.33 Å². The fraction of sp³-hybridized carbons (Fsp3) is 0.692. The molecule has 4 heteroatoms. The number of aryl methyl sites for hydroxylation is 1. The van der Waals surface area contributed by atoms with Crippen LogP contribution in [0.25, 0.3) is 0 Å². The van der Waals surface area contributed by atoms with Gasteiger partial charge in [-0.25, -0.2) is 9.97 Å². The quantitative estimate of drug-likeness (QED) is 0.818. The largest absolute Gasteiger partial charge is 0.363 e. The molecule has 0 atom stereocenters. The lowest BCUT2D eigenvalue weighted by molar-refractivity contribution is 0.537. The third-order valence-electron chi connectivity index (χ3n) is 3.44. The first kappa shape index (κ1) is 12.6. The van der Waals surface area contributed by atoms with Crippen LogP contribution in [-0.2, 0) is 6.42 Å². The number of anilines is 1. The molecule has 94 valence electrons. The Morgan fingerprint density at radius 2 is 2.12 bits per heavy atom. The minimum absolute atomic E-state index is 0.0550. The van der Waals surface area contributed by atoms with Crippen LogP contribution < -0.4 is 5.32 Å². The van der Waals surface area contributed by atoms with Gasteiger partial charge in [0.25, 0.3) is 0 Å². The van der Waals surface area contributed by atoms with Crippen molar-refractivity contribution in [1.29, 1.82) is 0 Å². The summed E-state index contributed by atoms with van der Waals surface area (Å²) in [6.45, 7) is 2.16. The summed E-state index contributed by atoms with van der Waals surface area (Å²) in [5, 5.41) is 3.52. The van der Waals surface area contributed by atoms with Gasteiger partial charge < -0.3 is 5.32 Å². The van der Waals surface area contributed by atoms with Gasteiger partial charge in [-0.1, -0.05) is 26.2 Å². The molecule has 1 aromatic heterocycles. The Bertz CT molecular complexity index is 361. The van der Waals surface area contributed by atoms with E-state index in [-0.39, 0.29) is 5.54 Å². The van der Waals surface area contributed by atoms with Gasteiger partial charge in [0, 0.05) is 17.6 Å². The number of aromatic nitrogens is 2. The second kappa shape index (κ2) is 5.67. The van der Waals surface area contributed by atoms with Crippen LogP contribution >= 0.6 is 11.6 Å². The normalized spacial score (nSPS) is 18.2. The Labute approximate surface area is 108 Å². The summed E-state index contributed by atoms with van der Waals surface area (Å²) in [6, 6.07) is 2.05. The molecule has 0 saturated heterocycles. The van der Waals surface area contributed by atoms with Crippen molar-refractivity contribution in [2.24, 2.45) is 0 Å². The van der Waals surface area contributed by atoms with Crippen molar-refractivity contribution >= 4 is 17.4 Å². The molecule has 1 saturated carbocycles. The fourth-order valence-electron chi connectivity index (χ4n) is 2.47. The van der Waals surface area contributed by atoms with Gasteiger partial charge in [-0.2, -0.15) is 0 Å². The molecule has 1 aliphatic rings. The van der Waals surface area contributed by atoms with Crippen LogP contribution in [0, 0.1) is 0 Å². The van der Waals surface area contributed by atoms with Gasteiger partial charge in [0.15, 0.2) is 0 Å². The van der Waals surface area contributed by atoms with E-state index in [2.05, 4.69) is 28.3 Å². The molecule has 1 aromatic rings. The lowest BCUT2D eigenvalue weighted by Gasteiger charge is -2.28. The predicted molar refractivity (Wildman–Crippen MR) is 71.6 cm³/mol. The van der Waals surface area contributed by atoms with E-state index in [4.69, 9.17) is 11.6 Å². The molecule has 0 aliphatic heterocycles. The van der Waals surface area contributed by atoms with E-state index in [0.717, 1.165) is 37.2 Å². The molecule has 0 aromatic carbocycles. The van der Waals surface area contributed by atoms with Gasteiger partial charge >= 0.3 is 0 Å². The summed E-state index contributed by atoms with van der Waals surface area (Å²) in [5.74, 6) is 1.58. The molecule has 0 spiro atoms. The minimum Gasteiger partial charge on any atom is -0.363 e. The van der Waals surface area contributed by atoms with E-state index in [9.17, 15) is 0 Å². The summed E-state index contributed by atoms with van der Waals surface area (Å²) in [5.41, 5.74) is 1.16. The minimum atomic E-state index is 0.0550. The van der Waals surface area contributed by atoms with Crippen LogP contribution in [0.4, 0.5) is 5.82 Å². The van der Waals surface area contributed by atoms with Gasteiger partial charge in [-0.3, -0.25) is 0 Å². The van der Waals surface area contributed by atoms with Crippen molar-refractivity contribution < 1.29 is 0 Å². The Morgan fingerprint density at radius 3 is 2.76 bits per heavy atom. The van der Waals surface area contributed by atoms with Crippen LogP contribution in [-0.4, -0.2) is 21.4 Å². The first-order valence-electron chi connectivity index (χ1n) is 6.43. The van der Waals surface area contributed by atoms with Gasteiger partial charge in [-0.15, -0.1) is 11.6 Å². The zero-order valence-electron chi connectivity index (χ0n) is 10.4. The average Bonchev–Trinajstić information content (AvgIpc) is 2.79. The number of hydrogen-bond acceptors (Lipinski definition) is 3. The number of nitrogens with zero attached hydrogens (tertiary/aromatic N) is 2. The van der Waals surface area contributed by atoms with Crippen molar-refractivity contribution in [3.63, 3.8) is 0 Å². The summed E-state index contributed by atoms with van der Waals surface area (Å²) >= 11 is 6.11. The predicted octanol–water partition coefficient (Wildman–Crippen LogP) is 3.39. The maximum atomic E-state index is 6.11. The molecule has 2 rings (SSSR count). The third-order valence-corrected chi connectivity index (χ3v) is 3.95. The molecule has 3 nitrogen and oxygen atoms in total. The van der Waals surface area contributed by atoms with E-state index < -0.39 is 0 Å². The molecular formula is C13H20ClN3. The number of hydrogen-bond donors (Lipinski definition) is 1. The fourth-order valence-corrected chi connectivity index (χ4v) is 2.81. The molecule has 0 amide bonds. The zero-order chi connectivity index (χ0) is 12.1. The number of halogens is 1. The highest BCUT2D eigenvalue weighted by Gasteiger charge is 2.33. The second-order valence-corrected chi connectivity index (χ2v) is 5.16. The Morgan fingerprint density at radius 1 is 1.35 bits per heavy atom. The Balaban J connectivity index is 2.09. The van der Waals surface area contributed by atoms with E-state index in [1.165, 1.54) is 12.8 Å². The molecule has 1 heterocycles. The lowest BCUT2D eigenvalue weighted by atomic mass is 10.0. The van der Waals surface area contributed by atoms with Crippen LogP contribution in [0.5, 0.6) is 0 Å². The lowest BCUT2D eigenvalue weighted by Crippen LogP contribution is -2.37. The average molecular weight is 254 g/mol. The number of alkyl halides is 1. The van der Waals surface area contributed by atoms with Crippen molar-refractivity contribution in [2.45, 2.75) is 51.0 Å². The van der Waals surface area contributed by atoms with Gasteiger partial charge in [0.1, 0.15) is 12.1 Å². The van der Waals surface area contributed by atoms with Crippen molar-refractivity contribution in [1.82, 2.24) is 9.97 Å². The van der Waals surface area contributed by atoms with E-state index in [1.807, 2.05) is 0 Å². The molecule has 0 bridgehead atoms. The number of nitrogens with one attached hydrogen (secondary N) is 1. The van der Waals surface area contributed by atoms with Gasteiger partial charge in [0.2, 0.25) is 0 Å². The first-order chi connectivity index (χ1) is 8.28. The summed E-state index contributed by atoms with van der Waals surface area (Å²) in [6.07, 6.45) is 8.55. The molecule has 17 heavy (non-hydrogen) atoms. The number of rotatable bonds is 5. The third kappa shape index (κ3) is 3.09. The highest BCUT2D eigenvalue weighted by atomic mass is 35.5. The maximum absolute atomic E-state index is 6.11. The van der Waals surface area contributed by atoms with Crippen molar-refractivity contribution in [2.75, 3.05) is 11.2 Å². The highest BCUT2D eigenvalue weighted by Crippen LogP contribution is 2.33. The van der Waals surface area contributed by atoms with Crippen LogP contribution in [0.1, 0.15) is 44.7 Å². The molecule has 1 N–H and O–H groups in total. The standard InChI is InChI=1S/C13H20ClN3/c1-2-5-11-8-12(16-10-15-11)17-13(9-14)6-3-4-7-13/h8,10H,2-7,9H2,1H3,(H,15,16,17). The first-order valence-corrected chi connectivity index (χ1v) is 6.96. The molecule has 1 fully saturated rings.